The first-order valence-electron chi connectivity index (χ1n) is 6.69. The van der Waals surface area contributed by atoms with Gasteiger partial charge in [0.1, 0.15) is 12.4 Å². The highest BCUT2D eigenvalue weighted by molar-refractivity contribution is 6.44. The number of halogens is 3. The van der Waals surface area contributed by atoms with Gasteiger partial charge in [-0.15, -0.1) is 0 Å². The molecule has 0 aromatic heterocycles. The van der Waals surface area contributed by atoms with E-state index < -0.39 is 0 Å². The molecule has 7 heteroatoms. The Kier molecular flexibility index (Phi) is 6.54. The number of hydrogen-bond donors (Lipinski definition) is 1. The molecule has 0 aliphatic rings. The van der Waals surface area contributed by atoms with Gasteiger partial charge in [-0.05, 0) is 36.4 Å². The maximum absolute atomic E-state index is 12.2. The number of hydrogen-bond acceptors (Lipinski definition) is 3. The van der Waals surface area contributed by atoms with E-state index in [0.717, 1.165) is 0 Å². The van der Waals surface area contributed by atoms with Crippen LogP contribution in [0.25, 0.3) is 0 Å². The summed E-state index contributed by atoms with van der Waals surface area (Å²) in [5.41, 5.74) is 0.859. The van der Waals surface area contributed by atoms with Gasteiger partial charge in [-0.3, -0.25) is 4.79 Å². The summed E-state index contributed by atoms with van der Waals surface area (Å²) in [6.07, 6.45) is 0. The molecule has 0 heterocycles. The maximum atomic E-state index is 12.2. The van der Waals surface area contributed by atoms with Gasteiger partial charge >= 0.3 is 0 Å². The van der Waals surface area contributed by atoms with Gasteiger partial charge < -0.3 is 14.8 Å². The smallest absolute Gasteiger partial charge is 0.255 e. The number of amides is 1. The molecule has 0 saturated heterocycles. The standard InChI is InChI=1S/C16H14Cl3NO3/c1-22-6-7-23-11-4-2-10(3-5-11)16(21)20-15-9-13(18)12(17)8-14(15)19/h2-5,8-9H,6-7H2,1H3,(H,20,21). The van der Waals surface area contributed by atoms with Crippen LogP contribution in [0.1, 0.15) is 10.4 Å². The summed E-state index contributed by atoms with van der Waals surface area (Å²) in [6, 6.07) is 9.72. The van der Waals surface area contributed by atoms with Crippen molar-refractivity contribution in [2.45, 2.75) is 0 Å². The second kappa shape index (κ2) is 8.41. The first-order valence-corrected chi connectivity index (χ1v) is 7.82. The van der Waals surface area contributed by atoms with Crippen LogP contribution in [0.2, 0.25) is 15.1 Å². The van der Waals surface area contributed by atoms with Crippen LogP contribution in [0.15, 0.2) is 36.4 Å². The van der Waals surface area contributed by atoms with Crippen LogP contribution in [0, 0.1) is 0 Å². The Bertz CT molecular complexity index is 690. The molecular weight excluding hydrogens is 361 g/mol. The maximum Gasteiger partial charge on any atom is 0.255 e. The van der Waals surface area contributed by atoms with Gasteiger partial charge in [0.25, 0.3) is 5.91 Å². The van der Waals surface area contributed by atoms with Crippen molar-refractivity contribution in [1.82, 2.24) is 0 Å². The van der Waals surface area contributed by atoms with E-state index in [4.69, 9.17) is 44.3 Å². The van der Waals surface area contributed by atoms with E-state index in [1.165, 1.54) is 12.1 Å². The van der Waals surface area contributed by atoms with Crippen LogP contribution >= 0.6 is 34.8 Å². The predicted octanol–water partition coefficient (Wildman–Crippen LogP) is 4.92. The van der Waals surface area contributed by atoms with Gasteiger partial charge in [0.2, 0.25) is 0 Å². The van der Waals surface area contributed by atoms with Gasteiger partial charge in [-0.2, -0.15) is 0 Å². The van der Waals surface area contributed by atoms with Crippen LogP contribution in [-0.4, -0.2) is 26.2 Å². The molecular formula is C16H14Cl3NO3. The summed E-state index contributed by atoms with van der Waals surface area (Å²) in [5, 5.41) is 3.64. The number of carbonyl (C=O) groups is 1. The van der Waals surface area contributed by atoms with Gasteiger partial charge in [0.15, 0.2) is 0 Å². The lowest BCUT2D eigenvalue weighted by atomic mass is 10.2. The minimum atomic E-state index is -0.311. The first kappa shape index (κ1) is 17.9. The Hall–Kier alpha value is -1.46. The van der Waals surface area contributed by atoms with Crippen molar-refractivity contribution in [2.75, 3.05) is 25.6 Å². The molecule has 0 aliphatic carbocycles. The molecule has 2 aromatic rings. The van der Waals surface area contributed by atoms with E-state index in [1.807, 2.05) is 0 Å². The third kappa shape index (κ3) is 5.01. The van der Waals surface area contributed by atoms with Crippen LogP contribution in [-0.2, 0) is 4.74 Å². The predicted molar refractivity (Wildman–Crippen MR) is 93.2 cm³/mol. The lowest BCUT2D eigenvalue weighted by molar-refractivity contribution is 0.102. The lowest BCUT2D eigenvalue weighted by Crippen LogP contribution is -2.12. The summed E-state index contributed by atoms with van der Waals surface area (Å²) >= 11 is 17.8. The molecule has 122 valence electrons. The van der Waals surface area contributed by atoms with Gasteiger partial charge in [-0.25, -0.2) is 0 Å². The molecule has 0 aliphatic heterocycles. The molecule has 2 rings (SSSR count). The zero-order chi connectivity index (χ0) is 16.8. The third-order valence-corrected chi connectivity index (χ3v) is 3.97. The largest absolute Gasteiger partial charge is 0.491 e. The Balaban J connectivity index is 2.05. The van der Waals surface area contributed by atoms with Crippen molar-refractivity contribution < 1.29 is 14.3 Å². The van der Waals surface area contributed by atoms with Crippen LogP contribution in [0.5, 0.6) is 5.75 Å². The fourth-order valence-corrected chi connectivity index (χ4v) is 2.35. The molecule has 1 amide bonds. The number of nitrogens with one attached hydrogen (secondary N) is 1. The van der Waals surface area contributed by atoms with Crippen molar-refractivity contribution in [1.29, 1.82) is 0 Å². The first-order chi connectivity index (χ1) is 11.0. The summed E-state index contributed by atoms with van der Waals surface area (Å²) in [7, 11) is 1.60. The molecule has 4 nitrogen and oxygen atoms in total. The summed E-state index contributed by atoms with van der Waals surface area (Å²) < 4.78 is 10.3. The summed E-state index contributed by atoms with van der Waals surface area (Å²) in [5.74, 6) is 0.347. The SMILES string of the molecule is COCCOc1ccc(C(=O)Nc2cc(Cl)c(Cl)cc2Cl)cc1. The Morgan fingerprint density at radius 1 is 1.00 bits per heavy atom. The van der Waals surface area contributed by atoms with Crippen LogP contribution < -0.4 is 10.1 Å². The molecule has 23 heavy (non-hydrogen) atoms. The molecule has 0 unspecified atom stereocenters. The number of methoxy groups -OCH3 is 1. The van der Waals surface area contributed by atoms with Gasteiger partial charge in [0, 0.05) is 12.7 Å². The van der Waals surface area contributed by atoms with Crippen LogP contribution in [0.3, 0.4) is 0 Å². The molecule has 0 saturated carbocycles. The van der Waals surface area contributed by atoms with Gasteiger partial charge in [0.05, 0.1) is 27.4 Å². The number of ether oxygens (including phenoxy) is 2. The van der Waals surface area contributed by atoms with E-state index in [0.29, 0.717) is 45.3 Å². The second-order valence-electron chi connectivity index (χ2n) is 4.57. The van der Waals surface area contributed by atoms with E-state index in [9.17, 15) is 4.79 Å². The average molecular weight is 375 g/mol. The Morgan fingerprint density at radius 3 is 2.30 bits per heavy atom. The van der Waals surface area contributed by atoms with Crippen molar-refractivity contribution in [3.8, 4) is 5.75 Å². The number of rotatable bonds is 6. The highest BCUT2D eigenvalue weighted by Gasteiger charge is 2.11. The molecule has 0 spiro atoms. The lowest BCUT2D eigenvalue weighted by Gasteiger charge is -2.10. The van der Waals surface area contributed by atoms with Crippen molar-refractivity contribution in [2.24, 2.45) is 0 Å². The minimum absolute atomic E-state index is 0.311. The van der Waals surface area contributed by atoms with Gasteiger partial charge in [-0.1, -0.05) is 34.8 Å². The summed E-state index contributed by atoms with van der Waals surface area (Å²) in [6.45, 7) is 0.943. The molecule has 1 N–H and O–H groups in total. The molecule has 0 radical (unpaired) electrons. The number of carbonyl (C=O) groups excluding carboxylic acids is 1. The van der Waals surface area contributed by atoms with Crippen molar-refractivity contribution >= 4 is 46.4 Å². The fraction of sp³-hybridized carbons (Fsp3) is 0.188. The average Bonchev–Trinajstić information content (AvgIpc) is 2.53. The number of benzene rings is 2. The normalized spacial score (nSPS) is 10.4. The number of anilines is 1. The van der Waals surface area contributed by atoms with E-state index >= 15 is 0 Å². The van der Waals surface area contributed by atoms with Crippen molar-refractivity contribution in [3.63, 3.8) is 0 Å². The second-order valence-corrected chi connectivity index (χ2v) is 5.79. The quantitative estimate of drug-likeness (QED) is 0.576. The molecule has 0 atom stereocenters. The topological polar surface area (TPSA) is 47.6 Å². The third-order valence-electron chi connectivity index (χ3n) is 2.93. The van der Waals surface area contributed by atoms with Crippen LogP contribution in [0.4, 0.5) is 5.69 Å². The molecule has 0 bridgehead atoms. The fourth-order valence-electron chi connectivity index (χ4n) is 1.76. The Labute approximate surface area is 149 Å². The van der Waals surface area contributed by atoms with E-state index in [-0.39, 0.29) is 5.91 Å². The van der Waals surface area contributed by atoms with E-state index in [1.54, 1.807) is 31.4 Å². The van der Waals surface area contributed by atoms with E-state index in [2.05, 4.69) is 5.32 Å². The molecule has 0 fully saturated rings. The Morgan fingerprint density at radius 2 is 1.65 bits per heavy atom. The monoisotopic (exact) mass is 373 g/mol. The highest BCUT2D eigenvalue weighted by atomic mass is 35.5. The zero-order valence-electron chi connectivity index (χ0n) is 12.2. The summed E-state index contributed by atoms with van der Waals surface area (Å²) in [4.78, 5) is 12.2. The van der Waals surface area contributed by atoms with Crippen molar-refractivity contribution in [3.05, 3.63) is 57.0 Å². The minimum Gasteiger partial charge on any atom is -0.491 e. The zero-order valence-corrected chi connectivity index (χ0v) is 14.5. The molecule has 2 aromatic carbocycles. The highest BCUT2D eigenvalue weighted by Crippen LogP contribution is 2.32.